The van der Waals surface area contributed by atoms with Crippen molar-refractivity contribution in [2.45, 2.75) is 20.5 Å². The number of H-pyrrole nitrogens is 1. The molecule has 0 saturated carbocycles. The van der Waals surface area contributed by atoms with Gasteiger partial charge in [0.25, 0.3) is 0 Å². The van der Waals surface area contributed by atoms with Crippen LogP contribution in [0.4, 0.5) is 0 Å². The van der Waals surface area contributed by atoms with E-state index in [1.165, 1.54) is 6.07 Å². The van der Waals surface area contributed by atoms with Gasteiger partial charge >= 0.3 is 5.97 Å². The summed E-state index contributed by atoms with van der Waals surface area (Å²) in [4.78, 5) is 11.9. The highest BCUT2D eigenvalue weighted by atomic mass is 35.5. The molecule has 0 fully saturated rings. The number of aromatic nitrogens is 2. The van der Waals surface area contributed by atoms with Gasteiger partial charge in [0.1, 0.15) is 29.5 Å². The Morgan fingerprint density at radius 1 is 1.00 bits per heavy atom. The Hall–Kier alpha value is -3.68. The van der Waals surface area contributed by atoms with E-state index in [0.717, 1.165) is 5.56 Å². The summed E-state index contributed by atoms with van der Waals surface area (Å²) in [6.07, 6.45) is 0. The topological polar surface area (TPSA) is 93.7 Å². The highest BCUT2D eigenvalue weighted by molar-refractivity contribution is 6.42. The van der Waals surface area contributed by atoms with Gasteiger partial charge in [-0.1, -0.05) is 29.3 Å². The van der Waals surface area contributed by atoms with Crippen molar-refractivity contribution in [2.75, 3.05) is 6.61 Å². The standard InChI is InChI=1S/C26H22Cl2N2O5/c1-3-33-26(32)17-5-7-18(8-6-17)35-25-15(2)29-30-24(25)20-10-9-19(13-23(20)31)34-14-16-4-11-21(27)22(28)12-16/h4-13,31H,3,14H2,1-2H3,(H,29,30). The maximum absolute atomic E-state index is 11.9. The van der Waals surface area contributed by atoms with Crippen molar-refractivity contribution < 1.29 is 24.1 Å². The zero-order valence-electron chi connectivity index (χ0n) is 19.0. The van der Waals surface area contributed by atoms with Crippen LogP contribution in [0.15, 0.2) is 60.7 Å². The van der Waals surface area contributed by atoms with Gasteiger partial charge in [0.05, 0.1) is 27.9 Å². The van der Waals surface area contributed by atoms with Crippen LogP contribution in [0.1, 0.15) is 28.5 Å². The van der Waals surface area contributed by atoms with E-state index in [2.05, 4.69) is 10.2 Å². The summed E-state index contributed by atoms with van der Waals surface area (Å²) in [6, 6.07) is 16.8. The average Bonchev–Trinajstić information content (AvgIpc) is 3.20. The SMILES string of the molecule is CCOC(=O)c1ccc(Oc2c(-c3ccc(OCc4ccc(Cl)c(Cl)c4)cc3O)n[nH]c2C)cc1. The molecule has 1 aromatic heterocycles. The number of halogens is 2. The van der Waals surface area contributed by atoms with E-state index in [-0.39, 0.29) is 12.4 Å². The first-order chi connectivity index (χ1) is 16.9. The third-order valence-electron chi connectivity index (χ3n) is 5.09. The number of ether oxygens (including phenoxy) is 3. The maximum atomic E-state index is 11.9. The number of hydrogen-bond donors (Lipinski definition) is 2. The molecule has 4 aromatic rings. The summed E-state index contributed by atoms with van der Waals surface area (Å²) < 4.78 is 16.8. The van der Waals surface area contributed by atoms with Gasteiger partial charge in [0.15, 0.2) is 5.75 Å². The largest absolute Gasteiger partial charge is 0.507 e. The molecule has 2 N–H and O–H groups in total. The van der Waals surface area contributed by atoms with Gasteiger partial charge in [-0.15, -0.1) is 0 Å². The van der Waals surface area contributed by atoms with E-state index in [9.17, 15) is 9.90 Å². The van der Waals surface area contributed by atoms with Crippen LogP contribution in [0.2, 0.25) is 10.0 Å². The number of aromatic hydroxyl groups is 1. The molecule has 0 aliphatic heterocycles. The summed E-state index contributed by atoms with van der Waals surface area (Å²) in [5.41, 5.74) is 2.85. The lowest BCUT2D eigenvalue weighted by atomic mass is 10.1. The Morgan fingerprint density at radius 2 is 1.74 bits per heavy atom. The third-order valence-corrected chi connectivity index (χ3v) is 5.83. The first-order valence-corrected chi connectivity index (χ1v) is 11.5. The Bertz CT molecular complexity index is 1350. The summed E-state index contributed by atoms with van der Waals surface area (Å²) >= 11 is 12.0. The Labute approximate surface area is 212 Å². The van der Waals surface area contributed by atoms with Crippen LogP contribution in [0.5, 0.6) is 23.0 Å². The number of nitrogens with one attached hydrogen (secondary N) is 1. The lowest BCUT2D eigenvalue weighted by molar-refractivity contribution is 0.0526. The molecule has 0 unspecified atom stereocenters. The minimum Gasteiger partial charge on any atom is -0.507 e. The van der Waals surface area contributed by atoms with Crippen molar-refractivity contribution in [1.29, 1.82) is 0 Å². The van der Waals surface area contributed by atoms with Crippen LogP contribution in [0.3, 0.4) is 0 Å². The first kappa shape index (κ1) is 24.4. The summed E-state index contributed by atoms with van der Waals surface area (Å²) in [5, 5.41) is 18.8. The van der Waals surface area contributed by atoms with Crippen LogP contribution in [-0.4, -0.2) is 27.9 Å². The minimum absolute atomic E-state index is 0.0225. The zero-order chi connectivity index (χ0) is 24.9. The van der Waals surface area contributed by atoms with Crippen molar-refractivity contribution in [2.24, 2.45) is 0 Å². The molecular formula is C26H22Cl2N2O5. The maximum Gasteiger partial charge on any atom is 0.338 e. The smallest absolute Gasteiger partial charge is 0.338 e. The third kappa shape index (κ3) is 5.70. The molecule has 3 aromatic carbocycles. The number of carbonyl (C=O) groups is 1. The van der Waals surface area contributed by atoms with Gasteiger partial charge in [-0.3, -0.25) is 5.10 Å². The molecule has 180 valence electrons. The quantitative estimate of drug-likeness (QED) is 0.248. The Kier molecular flexibility index (Phi) is 7.48. The number of phenolic OH excluding ortho intramolecular Hbond substituents is 1. The van der Waals surface area contributed by atoms with Crippen LogP contribution < -0.4 is 9.47 Å². The van der Waals surface area contributed by atoms with Crippen LogP contribution in [-0.2, 0) is 11.3 Å². The second kappa shape index (κ2) is 10.7. The van der Waals surface area contributed by atoms with Crippen molar-refractivity contribution in [1.82, 2.24) is 10.2 Å². The van der Waals surface area contributed by atoms with E-state index >= 15 is 0 Å². The van der Waals surface area contributed by atoms with Crippen molar-refractivity contribution in [3.8, 4) is 34.3 Å². The summed E-state index contributed by atoms with van der Waals surface area (Å²) in [5.74, 6) is 1.01. The molecule has 4 rings (SSSR count). The monoisotopic (exact) mass is 512 g/mol. The number of phenols is 1. The van der Waals surface area contributed by atoms with Crippen LogP contribution in [0.25, 0.3) is 11.3 Å². The van der Waals surface area contributed by atoms with Gasteiger partial charge in [0, 0.05) is 11.6 Å². The normalized spacial score (nSPS) is 10.7. The molecule has 1 heterocycles. The highest BCUT2D eigenvalue weighted by Crippen LogP contribution is 2.40. The number of aryl methyl sites for hydroxylation is 1. The number of nitrogens with zero attached hydrogens (tertiary/aromatic N) is 1. The molecule has 0 aliphatic rings. The average molecular weight is 513 g/mol. The molecule has 0 aliphatic carbocycles. The summed E-state index contributed by atoms with van der Waals surface area (Å²) in [6.45, 7) is 4.12. The summed E-state index contributed by atoms with van der Waals surface area (Å²) in [7, 11) is 0. The molecule has 7 nitrogen and oxygen atoms in total. The van der Waals surface area contributed by atoms with Crippen molar-refractivity contribution in [3.05, 3.63) is 87.5 Å². The van der Waals surface area contributed by atoms with Gasteiger partial charge < -0.3 is 19.3 Å². The Morgan fingerprint density at radius 3 is 2.43 bits per heavy atom. The minimum atomic E-state index is -0.398. The zero-order valence-corrected chi connectivity index (χ0v) is 20.5. The van der Waals surface area contributed by atoms with Gasteiger partial charge in [0.2, 0.25) is 0 Å². The predicted molar refractivity (Wildman–Crippen MR) is 134 cm³/mol. The van der Waals surface area contributed by atoms with Gasteiger partial charge in [-0.25, -0.2) is 4.79 Å². The molecule has 0 amide bonds. The number of hydrogen-bond acceptors (Lipinski definition) is 6. The van der Waals surface area contributed by atoms with Crippen molar-refractivity contribution >= 4 is 29.2 Å². The molecule has 0 bridgehead atoms. The fourth-order valence-electron chi connectivity index (χ4n) is 3.32. The molecule has 0 atom stereocenters. The fourth-order valence-corrected chi connectivity index (χ4v) is 3.64. The van der Waals surface area contributed by atoms with Crippen LogP contribution >= 0.6 is 23.2 Å². The van der Waals surface area contributed by atoms with Crippen LogP contribution in [0, 0.1) is 6.92 Å². The number of carbonyl (C=O) groups excluding carboxylic acids is 1. The molecule has 35 heavy (non-hydrogen) atoms. The second-order valence-corrected chi connectivity index (χ2v) is 8.40. The molecule has 0 spiro atoms. The van der Waals surface area contributed by atoms with Crippen molar-refractivity contribution in [3.63, 3.8) is 0 Å². The molecule has 0 radical (unpaired) electrons. The van der Waals surface area contributed by atoms with E-state index in [1.54, 1.807) is 55.5 Å². The van der Waals surface area contributed by atoms with E-state index in [4.69, 9.17) is 37.4 Å². The first-order valence-electron chi connectivity index (χ1n) is 10.8. The Balaban J connectivity index is 1.50. The van der Waals surface area contributed by atoms with Gasteiger partial charge in [-0.05, 0) is 67.9 Å². The van der Waals surface area contributed by atoms with E-state index in [1.807, 2.05) is 13.0 Å². The number of rotatable bonds is 8. The fraction of sp³-hybridized carbons (Fsp3) is 0.154. The van der Waals surface area contributed by atoms with Gasteiger partial charge in [-0.2, -0.15) is 5.10 Å². The van der Waals surface area contributed by atoms with E-state index < -0.39 is 5.97 Å². The number of esters is 1. The molecule has 0 saturated heterocycles. The second-order valence-electron chi connectivity index (χ2n) is 7.59. The lowest BCUT2D eigenvalue weighted by Crippen LogP contribution is -2.04. The highest BCUT2D eigenvalue weighted by Gasteiger charge is 2.19. The van der Waals surface area contributed by atoms with E-state index in [0.29, 0.717) is 56.4 Å². The molecular weight excluding hydrogens is 491 g/mol. The predicted octanol–water partition coefficient (Wildman–Crippen LogP) is 6.95. The number of aromatic amines is 1. The molecule has 9 heteroatoms. The number of benzene rings is 3. The lowest BCUT2D eigenvalue weighted by Gasteiger charge is -2.11.